The second-order valence-corrected chi connectivity index (χ2v) is 5.72. The summed E-state index contributed by atoms with van der Waals surface area (Å²) in [6, 6.07) is 13.6. The zero-order chi connectivity index (χ0) is 15.4. The third-order valence-corrected chi connectivity index (χ3v) is 4.22. The van der Waals surface area contributed by atoms with Crippen LogP contribution in [0.5, 0.6) is 5.75 Å². The lowest BCUT2D eigenvalue weighted by atomic mass is 10.1. The monoisotopic (exact) mass is 314 g/mol. The largest absolute Gasteiger partial charge is 0.485 e. The number of rotatable bonds is 5. The van der Waals surface area contributed by atoms with Gasteiger partial charge in [0.25, 0.3) is 0 Å². The number of nitrogens with zero attached hydrogens (tertiary/aromatic N) is 2. The molecule has 1 fully saturated rings. The van der Waals surface area contributed by atoms with Crippen LogP contribution in [0.1, 0.15) is 12.0 Å². The molecule has 0 spiro atoms. The van der Waals surface area contributed by atoms with E-state index in [4.69, 9.17) is 4.74 Å². The van der Waals surface area contributed by atoms with Crippen molar-refractivity contribution in [3.63, 3.8) is 0 Å². The maximum absolute atomic E-state index is 12.2. The highest BCUT2D eigenvalue weighted by atomic mass is 32.1. The molecule has 1 amide bonds. The van der Waals surface area contributed by atoms with Crippen molar-refractivity contribution in [3.05, 3.63) is 54.2 Å². The maximum Gasteiger partial charge on any atom is 0.228 e. The number of anilines is 1. The molecule has 114 valence electrons. The molecule has 0 N–H and O–H groups in total. The molecule has 1 saturated heterocycles. The lowest BCUT2D eigenvalue weighted by Crippen LogP contribution is -2.26. The van der Waals surface area contributed by atoms with Gasteiger partial charge in [0.1, 0.15) is 6.61 Å². The summed E-state index contributed by atoms with van der Waals surface area (Å²) in [7, 11) is 0. The van der Waals surface area contributed by atoms with Gasteiger partial charge in [0.05, 0.1) is 0 Å². The Labute approximate surface area is 135 Å². The molecule has 1 aliphatic heterocycles. The number of aromatic nitrogens is 1. The molecule has 22 heavy (non-hydrogen) atoms. The van der Waals surface area contributed by atoms with Crippen LogP contribution in [0.2, 0.25) is 0 Å². The van der Waals surface area contributed by atoms with Crippen molar-refractivity contribution in [1.29, 1.82) is 0 Å². The van der Waals surface area contributed by atoms with Gasteiger partial charge >= 0.3 is 0 Å². The van der Waals surface area contributed by atoms with Crippen LogP contribution in [0.15, 0.2) is 48.7 Å². The first-order chi connectivity index (χ1) is 10.8. The van der Waals surface area contributed by atoms with E-state index >= 15 is 0 Å². The van der Waals surface area contributed by atoms with Gasteiger partial charge in [0.2, 0.25) is 5.91 Å². The molecule has 3 rings (SSSR count). The normalized spacial score (nSPS) is 17.8. The number of carbonyl (C=O) groups excluding carboxylic acids is 1. The quantitative estimate of drug-likeness (QED) is 0.863. The third kappa shape index (κ3) is 3.25. The van der Waals surface area contributed by atoms with Crippen LogP contribution in [-0.4, -0.2) is 23.2 Å². The Morgan fingerprint density at radius 2 is 2.05 bits per heavy atom. The summed E-state index contributed by atoms with van der Waals surface area (Å²) in [5.41, 5.74) is 1.08. The van der Waals surface area contributed by atoms with Crippen LogP contribution in [0, 0.1) is 5.92 Å². The van der Waals surface area contributed by atoms with Gasteiger partial charge in [-0.2, -0.15) is 12.6 Å². The van der Waals surface area contributed by atoms with Crippen LogP contribution >= 0.6 is 12.6 Å². The second-order valence-electron chi connectivity index (χ2n) is 5.36. The number of carbonyl (C=O) groups is 1. The summed E-state index contributed by atoms with van der Waals surface area (Å²) in [5.74, 6) is 2.31. The first-order valence-corrected chi connectivity index (χ1v) is 7.94. The van der Waals surface area contributed by atoms with Crippen molar-refractivity contribution in [1.82, 2.24) is 4.98 Å². The van der Waals surface area contributed by atoms with E-state index in [2.05, 4.69) is 17.6 Å². The number of thiol groups is 1. The fraction of sp³-hybridized carbons (Fsp3) is 0.294. The fourth-order valence-corrected chi connectivity index (χ4v) is 2.79. The molecule has 0 radical (unpaired) electrons. The zero-order valence-electron chi connectivity index (χ0n) is 12.2. The van der Waals surface area contributed by atoms with E-state index in [0.717, 1.165) is 5.56 Å². The van der Waals surface area contributed by atoms with Gasteiger partial charge in [0, 0.05) is 19.2 Å². The smallest absolute Gasteiger partial charge is 0.228 e. The molecular weight excluding hydrogens is 296 g/mol. The Hall–Kier alpha value is -2.01. The summed E-state index contributed by atoms with van der Waals surface area (Å²) in [6.07, 6.45) is 2.21. The average Bonchev–Trinajstić information content (AvgIpc) is 2.95. The Morgan fingerprint density at radius 3 is 2.77 bits per heavy atom. The third-order valence-electron chi connectivity index (χ3n) is 3.71. The van der Waals surface area contributed by atoms with Gasteiger partial charge in [-0.3, -0.25) is 9.69 Å². The molecule has 1 unspecified atom stereocenters. The summed E-state index contributed by atoms with van der Waals surface area (Å²) >= 11 is 4.29. The highest BCUT2D eigenvalue weighted by molar-refractivity contribution is 7.80. The van der Waals surface area contributed by atoms with Gasteiger partial charge in [-0.05, 0) is 29.4 Å². The predicted molar refractivity (Wildman–Crippen MR) is 89.3 cm³/mol. The number of pyridine rings is 1. The summed E-state index contributed by atoms with van der Waals surface area (Å²) in [6.45, 7) is 1.11. The van der Waals surface area contributed by atoms with Crippen molar-refractivity contribution in [2.24, 2.45) is 5.92 Å². The van der Waals surface area contributed by atoms with Crippen LogP contribution in [0.3, 0.4) is 0 Å². The van der Waals surface area contributed by atoms with E-state index in [0.29, 0.717) is 36.9 Å². The van der Waals surface area contributed by atoms with Crippen molar-refractivity contribution >= 4 is 24.4 Å². The number of amides is 1. The van der Waals surface area contributed by atoms with Crippen molar-refractivity contribution < 1.29 is 9.53 Å². The summed E-state index contributed by atoms with van der Waals surface area (Å²) in [5, 5.41) is 0. The Morgan fingerprint density at radius 1 is 1.23 bits per heavy atom. The molecule has 5 heteroatoms. The minimum Gasteiger partial charge on any atom is -0.485 e. The number of benzene rings is 1. The van der Waals surface area contributed by atoms with Crippen LogP contribution < -0.4 is 9.64 Å². The molecule has 0 bridgehead atoms. The Bertz CT molecular complexity index is 648. The van der Waals surface area contributed by atoms with Crippen molar-refractivity contribution in [2.45, 2.75) is 13.0 Å². The molecule has 2 heterocycles. The van der Waals surface area contributed by atoms with Crippen LogP contribution in [0.25, 0.3) is 0 Å². The topological polar surface area (TPSA) is 42.4 Å². The molecule has 4 nitrogen and oxygen atoms in total. The number of ether oxygens (including phenoxy) is 1. The molecule has 2 aromatic rings. The molecule has 1 atom stereocenters. The minimum atomic E-state index is 0.0855. The second kappa shape index (κ2) is 6.83. The molecule has 1 aromatic heterocycles. The van der Waals surface area contributed by atoms with Crippen LogP contribution in [-0.2, 0) is 11.4 Å². The van der Waals surface area contributed by atoms with Gasteiger partial charge in [0.15, 0.2) is 11.6 Å². The Balaban J connectivity index is 1.77. The molecular formula is C17H18N2O2S. The van der Waals surface area contributed by atoms with Crippen LogP contribution in [0.4, 0.5) is 5.82 Å². The SMILES string of the molecule is O=C1CC(CS)CN1c1ncccc1OCc1ccccc1. The summed E-state index contributed by atoms with van der Waals surface area (Å²) < 4.78 is 5.88. The van der Waals surface area contributed by atoms with Gasteiger partial charge < -0.3 is 4.74 Å². The zero-order valence-corrected chi connectivity index (χ0v) is 13.1. The highest BCUT2D eigenvalue weighted by Gasteiger charge is 2.32. The fourth-order valence-electron chi connectivity index (χ4n) is 2.54. The van der Waals surface area contributed by atoms with E-state index in [1.54, 1.807) is 11.1 Å². The molecule has 1 aliphatic rings. The molecule has 0 aliphatic carbocycles. The first kappa shape index (κ1) is 14.9. The minimum absolute atomic E-state index is 0.0855. The highest BCUT2D eigenvalue weighted by Crippen LogP contribution is 2.31. The van der Waals surface area contributed by atoms with E-state index in [1.807, 2.05) is 42.5 Å². The maximum atomic E-state index is 12.2. The standard InChI is InChI=1S/C17H18N2O2S/c20-16-9-14(12-22)10-19(16)17-15(7-4-8-18-17)21-11-13-5-2-1-3-6-13/h1-8,14,22H,9-12H2. The number of hydrogen-bond acceptors (Lipinski definition) is 4. The molecule has 1 aromatic carbocycles. The summed E-state index contributed by atoms with van der Waals surface area (Å²) in [4.78, 5) is 18.2. The van der Waals surface area contributed by atoms with E-state index in [-0.39, 0.29) is 11.8 Å². The molecule has 0 saturated carbocycles. The van der Waals surface area contributed by atoms with E-state index in [1.165, 1.54) is 0 Å². The lowest BCUT2D eigenvalue weighted by Gasteiger charge is -2.19. The number of hydrogen-bond donors (Lipinski definition) is 1. The first-order valence-electron chi connectivity index (χ1n) is 7.31. The predicted octanol–water partition coefficient (Wildman–Crippen LogP) is 2.94. The lowest BCUT2D eigenvalue weighted by molar-refractivity contribution is -0.117. The van der Waals surface area contributed by atoms with Gasteiger partial charge in [-0.25, -0.2) is 4.98 Å². The Kier molecular flexibility index (Phi) is 4.63. The van der Waals surface area contributed by atoms with Gasteiger partial charge in [-0.1, -0.05) is 30.3 Å². The van der Waals surface area contributed by atoms with Crippen molar-refractivity contribution in [3.8, 4) is 5.75 Å². The van der Waals surface area contributed by atoms with E-state index in [9.17, 15) is 4.79 Å². The average molecular weight is 314 g/mol. The van der Waals surface area contributed by atoms with Crippen molar-refractivity contribution in [2.75, 3.05) is 17.2 Å². The van der Waals surface area contributed by atoms with Gasteiger partial charge in [-0.15, -0.1) is 0 Å². The van der Waals surface area contributed by atoms with E-state index < -0.39 is 0 Å².